The van der Waals surface area contributed by atoms with Crippen LogP contribution in [0.3, 0.4) is 0 Å². The Morgan fingerprint density at radius 2 is 1.70 bits per heavy atom. The van der Waals surface area contributed by atoms with Gasteiger partial charge in [-0.15, -0.1) is 0 Å². The molecule has 2 rings (SSSR count). The van der Waals surface area contributed by atoms with Gasteiger partial charge in [0.15, 0.2) is 11.3 Å². The lowest BCUT2D eigenvalue weighted by molar-refractivity contribution is -0.146. The van der Waals surface area contributed by atoms with Gasteiger partial charge in [-0.25, -0.2) is 9.97 Å². The summed E-state index contributed by atoms with van der Waals surface area (Å²) >= 11 is 1.49. The predicted octanol–water partition coefficient (Wildman–Crippen LogP) is 4.18. The van der Waals surface area contributed by atoms with E-state index in [1.54, 1.807) is 13.0 Å². The lowest BCUT2D eigenvalue weighted by Crippen LogP contribution is -2.24. The Labute approximate surface area is 165 Å². The summed E-state index contributed by atoms with van der Waals surface area (Å²) < 4.78 is 5.35. The average molecular weight is 387 g/mol. The van der Waals surface area contributed by atoms with Crippen molar-refractivity contribution in [3.63, 3.8) is 0 Å². The number of ether oxygens (including phenoxy) is 1. The molecule has 0 radical (unpaired) electrons. The Hall–Kier alpha value is -2.21. The molecule has 1 aromatic carbocycles. The third-order valence-corrected chi connectivity index (χ3v) is 5.18. The number of rotatable bonds is 7. The van der Waals surface area contributed by atoms with E-state index >= 15 is 0 Å². The molecule has 27 heavy (non-hydrogen) atoms. The van der Waals surface area contributed by atoms with Crippen LogP contribution in [0.15, 0.2) is 23.4 Å². The van der Waals surface area contributed by atoms with Crippen molar-refractivity contribution in [2.75, 3.05) is 6.26 Å². The third kappa shape index (κ3) is 5.39. The van der Waals surface area contributed by atoms with E-state index in [0.717, 1.165) is 33.2 Å². The van der Waals surface area contributed by atoms with Gasteiger partial charge >= 0.3 is 5.97 Å². The number of carbonyl (C=O) groups is 2. The number of hydrogen-bond donors (Lipinski definition) is 0. The molecule has 0 bridgehead atoms. The molecule has 0 N–H and O–H groups in total. The molecule has 5 nitrogen and oxygen atoms in total. The average Bonchev–Trinajstić information content (AvgIpc) is 2.62. The first kappa shape index (κ1) is 21.1. The van der Waals surface area contributed by atoms with Gasteiger partial charge in [-0.1, -0.05) is 23.9 Å². The second-order valence-corrected chi connectivity index (χ2v) is 7.43. The Balaban J connectivity index is 1.97. The highest BCUT2D eigenvalue weighted by Gasteiger charge is 2.20. The zero-order valence-corrected chi connectivity index (χ0v) is 17.6. The highest BCUT2D eigenvalue weighted by atomic mass is 32.2. The molecule has 0 aliphatic rings. The van der Waals surface area contributed by atoms with Gasteiger partial charge in [-0.2, -0.15) is 0 Å². The molecule has 1 heterocycles. The van der Waals surface area contributed by atoms with Crippen LogP contribution in [-0.4, -0.2) is 34.1 Å². The molecule has 0 aliphatic carbocycles. The first-order valence-electron chi connectivity index (χ1n) is 8.92. The number of Topliss-reactive ketones (excluding diaryl/α,β-unsaturated/α-hetero) is 1. The fourth-order valence-electron chi connectivity index (χ4n) is 2.83. The number of thioether (sulfide) groups is 1. The van der Waals surface area contributed by atoms with Crippen LogP contribution in [0.1, 0.15) is 51.8 Å². The smallest absolute Gasteiger partial charge is 0.306 e. The molecule has 0 saturated heterocycles. The van der Waals surface area contributed by atoms with Gasteiger partial charge in [0.25, 0.3) is 0 Å². The minimum atomic E-state index is -0.808. The summed E-state index contributed by atoms with van der Waals surface area (Å²) in [6.45, 7) is 9.40. The number of aromatic nitrogens is 2. The van der Waals surface area contributed by atoms with Gasteiger partial charge in [-0.3, -0.25) is 9.59 Å². The minimum Gasteiger partial charge on any atom is -0.454 e. The molecule has 0 saturated carbocycles. The fraction of sp³-hybridized carbons (Fsp3) is 0.429. The van der Waals surface area contributed by atoms with Crippen molar-refractivity contribution >= 4 is 23.5 Å². The van der Waals surface area contributed by atoms with Gasteiger partial charge in [0.1, 0.15) is 0 Å². The SMILES string of the molecule is CSc1nc(C)c(CCC(=O)O[C@H](C)C(=O)c2ccc(C)c(C)c2)c(C)n1. The maximum atomic E-state index is 12.5. The van der Waals surface area contributed by atoms with E-state index < -0.39 is 12.1 Å². The maximum Gasteiger partial charge on any atom is 0.306 e. The Bertz CT molecular complexity index is 841. The molecule has 144 valence electrons. The normalized spacial score (nSPS) is 11.9. The second-order valence-electron chi connectivity index (χ2n) is 6.66. The Kier molecular flexibility index (Phi) is 7.13. The predicted molar refractivity (Wildman–Crippen MR) is 107 cm³/mol. The summed E-state index contributed by atoms with van der Waals surface area (Å²) in [5.41, 5.74) is 5.43. The monoisotopic (exact) mass is 386 g/mol. The molecule has 6 heteroatoms. The fourth-order valence-corrected chi connectivity index (χ4v) is 3.28. The van der Waals surface area contributed by atoms with E-state index in [1.165, 1.54) is 11.8 Å². The first-order chi connectivity index (χ1) is 12.7. The Morgan fingerprint density at radius 3 is 2.26 bits per heavy atom. The van der Waals surface area contributed by atoms with Gasteiger partial charge in [-0.05, 0) is 70.1 Å². The van der Waals surface area contributed by atoms with Crippen molar-refractivity contribution in [2.24, 2.45) is 0 Å². The van der Waals surface area contributed by atoms with Gasteiger partial charge in [0.05, 0.1) is 0 Å². The molecule has 0 spiro atoms. The zero-order chi connectivity index (χ0) is 20.1. The van der Waals surface area contributed by atoms with Crippen molar-refractivity contribution < 1.29 is 14.3 Å². The summed E-state index contributed by atoms with van der Waals surface area (Å²) in [6.07, 6.45) is 1.81. The molecule has 0 fully saturated rings. The van der Waals surface area contributed by atoms with Crippen LogP contribution < -0.4 is 0 Å². The van der Waals surface area contributed by atoms with E-state index in [0.29, 0.717) is 12.0 Å². The van der Waals surface area contributed by atoms with Crippen LogP contribution in [0.5, 0.6) is 0 Å². The molecular weight excluding hydrogens is 360 g/mol. The quantitative estimate of drug-likeness (QED) is 0.308. The minimum absolute atomic E-state index is 0.188. The summed E-state index contributed by atoms with van der Waals surface area (Å²) in [7, 11) is 0. The van der Waals surface area contributed by atoms with E-state index in [9.17, 15) is 9.59 Å². The largest absolute Gasteiger partial charge is 0.454 e. The molecule has 0 unspecified atom stereocenters. The third-order valence-electron chi connectivity index (χ3n) is 4.63. The lowest BCUT2D eigenvalue weighted by atomic mass is 10.0. The molecule has 2 aromatic rings. The van der Waals surface area contributed by atoms with Crippen molar-refractivity contribution in [1.82, 2.24) is 9.97 Å². The van der Waals surface area contributed by atoms with E-state index in [4.69, 9.17) is 4.74 Å². The van der Waals surface area contributed by atoms with Crippen molar-refractivity contribution in [1.29, 1.82) is 0 Å². The highest BCUT2D eigenvalue weighted by Crippen LogP contribution is 2.18. The lowest BCUT2D eigenvalue weighted by Gasteiger charge is -2.14. The topological polar surface area (TPSA) is 69.2 Å². The van der Waals surface area contributed by atoms with Crippen LogP contribution in [0.25, 0.3) is 0 Å². The zero-order valence-electron chi connectivity index (χ0n) is 16.8. The number of benzene rings is 1. The summed E-state index contributed by atoms with van der Waals surface area (Å²) in [5.74, 6) is -0.584. The molecular formula is C21H26N2O3S. The Morgan fingerprint density at radius 1 is 1.07 bits per heavy atom. The van der Waals surface area contributed by atoms with Crippen LogP contribution >= 0.6 is 11.8 Å². The standard InChI is InChI=1S/C21H26N2O3S/c1-12-7-8-17(11-13(12)2)20(25)16(5)26-19(24)10-9-18-14(3)22-21(27-6)23-15(18)4/h7-8,11,16H,9-10H2,1-6H3/t16-/m1/s1. The van der Waals surface area contributed by atoms with Gasteiger partial charge < -0.3 is 4.74 Å². The second kappa shape index (κ2) is 9.13. The number of ketones is 1. The number of aryl methyl sites for hydroxylation is 4. The van der Waals surface area contributed by atoms with Crippen LogP contribution in [0.4, 0.5) is 0 Å². The number of hydrogen-bond acceptors (Lipinski definition) is 6. The number of carbonyl (C=O) groups excluding carboxylic acids is 2. The number of nitrogens with zero attached hydrogens (tertiary/aromatic N) is 2. The first-order valence-corrected chi connectivity index (χ1v) is 10.1. The van der Waals surface area contributed by atoms with Crippen molar-refractivity contribution in [3.8, 4) is 0 Å². The van der Waals surface area contributed by atoms with Crippen LogP contribution in [0, 0.1) is 27.7 Å². The molecule has 0 amide bonds. The van der Waals surface area contributed by atoms with E-state index in [2.05, 4.69) is 9.97 Å². The van der Waals surface area contributed by atoms with Crippen LogP contribution in [-0.2, 0) is 16.0 Å². The van der Waals surface area contributed by atoms with Crippen molar-refractivity contribution in [3.05, 3.63) is 51.8 Å². The molecule has 1 atom stereocenters. The summed E-state index contributed by atoms with van der Waals surface area (Å²) in [5, 5.41) is 0.726. The number of esters is 1. The van der Waals surface area contributed by atoms with Crippen LogP contribution in [0.2, 0.25) is 0 Å². The maximum absolute atomic E-state index is 12.5. The highest BCUT2D eigenvalue weighted by molar-refractivity contribution is 7.98. The summed E-state index contributed by atoms with van der Waals surface area (Å²) in [6, 6.07) is 5.51. The van der Waals surface area contributed by atoms with E-state index in [-0.39, 0.29) is 12.2 Å². The molecule has 0 aliphatic heterocycles. The van der Waals surface area contributed by atoms with E-state index in [1.807, 2.05) is 46.1 Å². The van der Waals surface area contributed by atoms with Crippen molar-refractivity contribution in [2.45, 2.75) is 58.7 Å². The van der Waals surface area contributed by atoms with Gasteiger partial charge in [0.2, 0.25) is 5.78 Å². The molecule has 1 aromatic heterocycles. The van der Waals surface area contributed by atoms with Gasteiger partial charge in [0, 0.05) is 23.4 Å². The summed E-state index contributed by atoms with van der Waals surface area (Å²) in [4.78, 5) is 33.5.